The van der Waals surface area contributed by atoms with Crippen molar-refractivity contribution in [3.63, 3.8) is 0 Å². The van der Waals surface area contributed by atoms with Crippen LogP contribution in [0, 0.1) is 5.92 Å². The van der Waals surface area contributed by atoms with Gasteiger partial charge in [-0.2, -0.15) is 8.42 Å². The highest BCUT2D eigenvalue weighted by molar-refractivity contribution is 7.90. The maximum absolute atomic E-state index is 13.4. The first-order valence-corrected chi connectivity index (χ1v) is 13.9. The average molecular weight is 516 g/mol. The van der Waals surface area contributed by atoms with Crippen molar-refractivity contribution < 1.29 is 17.9 Å². The zero-order chi connectivity index (χ0) is 26.3. The number of carbonyl (C=O) groups is 1. The molecule has 196 valence electrons. The Hall–Kier alpha value is -2.72. The number of sulfonamides is 1. The first-order valence-electron chi connectivity index (χ1n) is 12.4. The van der Waals surface area contributed by atoms with Crippen LogP contribution in [-0.2, 0) is 20.2 Å². The number of pyridine rings is 2. The van der Waals surface area contributed by atoms with E-state index in [0.29, 0.717) is 24.2 Å². The summed E-state index contributed by atoms with van der Waals surface area (Å²) < 4.78 is 34.0. The molecule has 10 heteroatoms. The third kappa shape index (κ3) is 5.49. The molecule has 2 N–H and O–H groups in total. The van der Waals surface area contributed by atoms with Gasteiger partial charge in [0.25, 0.3) is 15.9 Å². The number of anilines is 2. The first-order chi connectivity index (χ1) is 16.8. The topological polar surface area (TPSA) is 114 Å². The quantitative estimate of drug-likeness (QED) is 0.622. The Balaban J connectivity index is 1.84. The summed E-state index contributed by atoms with van der Waals surface area (Å²) in [6.45, 7) is 11.7. The normalized spacial score (nSPS) is 23.6. The Morgan fingerprint density at radius 1 is 1.14 bits per heavy atom. The molecular formula is C26H37N5O4S. The van der Waals surface area contributed by atoms with E-state index in [1.807, 2.05) is 0 Å². The molecule has 0 aliphatic carbocycles. The highest BCUT2D eigenvalue weighted by Crippen LogP contribution is 2.40. The van der Waals surface area contributed by atoms with Gasteiger partial charge >= 0.3 is 0 Å². The van der Waals surface area contributed by atoms with Gasteiger partial charge in [-0.3, -0.25) is 4.79 Å². The number of amides is 1. The van der Waals surface area contributed by atoms with Crippen LogP contribution in [-0.4, -0.2) is 56.1 Å². The molecule has 0 spiro atoms. The molecule has 2 aliphatic rings. The second-order valence-electron chi connectivity index (χ2n) is 11.5. The number of ether oxygens (including phenoxy) is 1. The largest absolute Gasteiger partial charge is 0.383 e. The van der Waals surface area contributed by atoms with Crippen molar-refractivity contribution in [2.24, 2.45) is 5.92 Å². The third-order valence-corrected chi connectivity index (χ3v) is 8.20. The number of methoxy groups -OCH3 is 1. The minimum Gasteiger partial charge on any atom is -0.383 e. The van der Waals surface area contributed by atoms with Gasteiger partial charge in [0.05, 0.1) is 18.2 Å². The smallest absolute Gasteiger partial charge is 0.281 e. The minimum absolute atomic E-state index is 0.0322. The van der Waals surface area contributed by atoms with E-state index in [-0.39, 0.29) is 27.6 Å². The van der Waals surface area contributed by atoms with Gasteiger partial charge < -0.3 is 15.0 Å². The number of rotatable bonds is 2. The molecule has 36 heavy (non-hydrogen) atoms. The van der Waals surface area contributed by atoms with Gasteiger partial charge in [-0.15, -0.1) is 0 Å². The van der Waals surface area contributed by atoms with Gasteiger partial charge in [0.1, 0.15) is 11.6 Å². The molecule has 1 amide bonds. The molecule has 1 fully saturated rings. The highest BCUT2D eigenvalue weighted by atomic mass is 32.2. The van der Waals surface area contributed by atoms with E-state index in [2.05, 4.69) is 54.5 Å². The van der Waals surface area contributed by atoms with Crippen molar-refractivity contribution in [2.45, 2.75) is 75.9 Å². The van der Waals surface area contributed by atoms with Crippen LogP contribution < -0.4 is 14.9 Å². The van der Waals surface area contributed by atoms with Crippen LogP contribution in [0.3, 0.4) is 0 Å². The van der Waals surface area contributed by atoms with Crippen molar-refractivity contribution in [1.29, 1.82) is 0 Å². The van der Waals surface area contributed by atoms with Crippen molar-refractivity contribution in [3.05, 3.63) is 41.6 Å². The van der Waals surface area contributed by atoms with Crippen LogP contribution in [0.4, 0.5) is 11.6 Å². The Morgan fingerprint density at radius 3 is 2.58 bits per heavy atom. The van der Waals surface area contributed by atoms with E-state index in [1.165, 1.54) is 6.07 Å². The van der Waals surface area contributed by atoms with Crippen LogP contribution in [0.15, 0.2) is 35.4 Å². The summed E-state index contributed by atoms with van der Waals surface area (Å²) in [6.07, 6.45) is 2.71. The Morgan fingerprint density at radius 2 is 1.89 bits per heavy atom. The SMILES string of the molecule is COC[C@@H]1CC[C@@H]2CN(c3nc(C(C)(C)C)ccc3C(=O)NS(=O)(=O)c3cccc(n3)N1)C(C)(C)C2. The number of nitrogens with zero attached hydrogens (tertiary/aromatic N) is 3. The number of hydrogen-bond donors (Lipinski definition) is 2. The molecule has 2 atom stereocenters. The Kier molecular flexibility index (Phi) is 7.04. The summed E-state index contributed by atoms with van der Waals surface area (Å²) in [5.74, 6) is 0.605. The lowest BCUT2D eigenvalue weighted by atomic mass is 9.91. The summed E-state index contributed by atoms with van der Waals surface area (Å²) in [5, 5.41) is 3.09. The fourth-order valence-corrected chi connectivity index (χ4v) is 6.06. The minimum atomic E-state index is -4.21. The van der Waals surface area contributed by atoms with Crippen LogP contribution in [0.1, 0.15) is 69.9 Å². The van der Waals surface area contributed by atoms with Gasteiger partial charge in [0.15, 0.2) is 5.03 Å². The van der Waals surface area contributed by atoms with Crippen LogP contribution in [0.2, 0.25) is 0 Å². The lowest BCUT2D eigenvalue weighted by Gasteiger charge is -2.34. The zero-order valence-corrected chi connectivity index (χ0v) is 22.8. The maximum Gasteiger partial charge on any atom is 0.281 e. The molecule has 0 radical (unpaired) electrons. The van der Waals surface area contributed by atoms with Crippen LogP contribution in [0.25, 0.3) is 0 Å². The molecule has 9 nitrogen and oxygen atoms in total. The Bertz CT molecular complexity index is 1240. The van der Waals surface area contributed by atoms with E-state index in [4.69, 9.17) is 9.72 Å². The fraction of sp³-hybridized carbons (Fsp3) is 0.577. The van der Waals surface area contributed by atoms with Gasteiger partial charge in [-0.1, -0.05) is 26.8 Å². The van der Waals surface area contributed by atoms with Gasteiger partial charge in [-0.05, 0) is 63.3 Å². The highest BCUT2D eigenvalue weighted by Gasteiger charge is 2.41. The summed E-state index contributed by atoms with van der Waals surface area (Å²) in [5.41, 5.74) is 0.589. The lowest BCUT2D eigenvalue weighted by molar-refractivity contribution is 0.0981. The van der Waals surface area contributed by atoms with Gasteiger partial charge in [0.2, 0.25) is 0 Å². The molecule has 2 aromatic rings. The van der Waals surface area contributed by atoms with Gasteiger partial charge in [-0.25, -0.2) is 14.7 Å². The van der Waals surface area contributed by atoms with Crippen molar-refractivity contribution in [2.75, 3.05) is 30.5 Å². The molecule has 2 aromatic heterocycles. The zero-order valence-electron chi connectivity index (χ0n) is 22.0. The number of fused-ring (bicyclic) bond motifs is 6. The number of aromatic nitrogens is 2. The maximum atomic E-state index is 13.4. The van der Waals surface area contributed by atoms with Crippen molar-refractivity contribution in [3.8, 4) is 0 Å². The molecule has 4 bridgehead atoms. The molecule has 0 saturated carbocycles. The Labute approximate surface area is 214 Å². The number of carbonyl (C=O) groups excluding carboxylic acids is 1. The summed E-state index contributed by atoms with van der Waals surface area (Å²) >= 11 is 0. The number of hydrogen-bond acceptors (Lipinski definition) is 8. The molecule has 0 unspecified atom stereocenters. The van der Waals surface area contributed by atoms with E-state index >= 15 is 0 Å². The van der Waals surface area contributed by atoms with Crippen LogP contribution in [0.5, 0.6) is 0 Å². The lowest BCUT2D eigenvalue weighted by Crippen LogP contribution is -2.41. The summed E-state index contributed by atoms with van der Waals surface area (Å²) in [4.78, 5) is 24.8. The molecule has 0 aromatic carbocycles. The van der Waals surface area contributed by atoms with Gasteiger partial charge in [0, 0.05) is 30.3 Å². The summed E-state index contributed by atoms with van der Waals surface area (Å²) in [7, 11) is -2.56. The molecule has 4 rings (SSSR count). The predicted molar refractivity (Wildman–Crippen MR) is 140 cm³/mol. The molecule has 2 aliphatic heterocycles. The van der Waals surface area contributed by atoms with E-state index in [9.17, 15) is 13.2 Å². The van der Waals surface area contributed by atoms with E-state index in [1.54, 1.807) is 31.4 Å². The predicted octanol–water partition coefficient (Wildman–Crippen LogP) is 3.72. The van der Waals surface area contributed by atoms with Crippen LogP contribution >= 0.6 is 0 Å². The summed E-state index contributed by atoms with van der Waals surface area (Å²) in [6, 6.07) is 8.16. The first kappa shape index (κ1) is 26.3. The average Bonchev–Trinajstić information content (AvgIpc) is 3.10. The van der Waals surface area contributed by atoms with Crippen molar-refractivity contribution in [1.82, 2.24) is 14.7 Å². The van der Waals surface area contributed by atoms with E-state index < -0.39 is 15.9 Å². The van der Waals surface area contributed by atoms with Crippen molar-refractivity contribution >= 4 is 27.6 Å². The molecular weight excluding hydrogens is 478 g/mol. The monoisotopic (exact) mass is 515 g/mol. The molecule has 1 saturated heterocycles. The third-order valence-electron chi connectivity index (χ3n) is 6.97. The number of nitrogens with one attached hydrogen (secondary N) is 2. The fourth-order valence-electron chi connectivity index (χ4n) is 5.12. The second kappa shape index (κ2) is 9.63. The second-order valence-corrected chi connectivity index (χ2v) is 13.1. The standard InChI is InChI=1S/C26H37N5O4S/c1-25(2,3)20-13-12-19-23(28-20)31-15-17(14-26(31,4)5)10-11-18(16-35-6)27-21-8-7-9-22(29-21)36(33,34)30-24(19)32/h7-9,12-13,17-18H,10-11,14-16H2,1-6H3,(H,27,29)(H,30,32)/t17-,18-/m0/s1. The van der Waals surface area contributed by atoms with E-state index in [0.717, 1.165) is 31.5 Å². The molecule has 4 heterocycles.